The fraction of sp³-hybridized carbons (Fsp3) is 0.167. The monoisotopic (exact) mass is 626 g/mol. The van der Waals surface area contributed by atoms with Crippen molar-refractivity contribution in [2.75, 3.05) is 11.9 Å². The lowest BCUT2D eigenvalue weighted by Crippen LogP contribution is -2.04. The Kier molecular flexibility index (Phi) is 8.44. The van der Waals surface area contributed by atoms with E-state index in [-0.39, 0.29) is 6.61 Å². The zero-order chi connectivity index (χ0) is 26.6. The molecule has 194 valence electrons. The van der Waals surface area contributed by atoms with Gasteiger partial charge in [0.2, 0.25) is 0 Å². The summed E-state index contributed by atoms with van der Waals surface area (Å²) in [5.74, 6) is 1.28. The summed E-state index contributed by atoms with van der Waals surface area (Å²) in [6.07, 6.45) is 0. The van der Waals surface area contributed by atoms with Crippen LogP contribution in [0.25, 0.3) is 20.8 Å². The van der Waals surface area contributed by atoms with E-state index in [9.17, 15) is 0 Å². The van der Waals surface area contributed by atoms with Crippen molar-refractivity contribution in [2.24, 2.45) is 0 Å². The molecule has 0 spiro atoms. The van der Waals surface area contributed by atoms with E-state index in [1.807, 2.05) is 25.1 Å². The van der Waals surface area contributed by atoms with Gasteiger partial charge in [-0.15, -0.1) is 11.3 Å². The van der Waals surface area contributed by atoms with Gasteiger partial charge < -0.3 is 14.8 Å². The first kappa shape index (κ1) is 26.8. The molecule has 0 radical (unpaired) electrons. The number of thiazole rings is 1. The van der Waals surface area contributed by atoms with E-state index < -0.39 is 0 Å². The Labute approximate surface area is 244 Å². The van der Waals surface area contributed by atoms with Crippen LogP contribution in [0.1, 0.15) is 23.6 Å². The van der Waals surface area contributed by atoms with Crippen LogP contribution in [0.4, 0.5) is 5.69 Å². The first-order valence-electron chi connectivity index (χ1n) is 12.1. The Morgan fingerprint density at radius 1 is 0.921 bits per heavy atom. The summed E-state index contributed by atoms with van der Waals surface area (Å²) < 4.78 is 14.1. The molecule has 8 heteroatoms. The number of fused-ring (bicyclic) bond motifs is 1. The molecular weight excluding hydrogens is 603 g/mol. The van der Waals surface area contributed by atoms with Crippen molar-refractivity contribution in [1.29, 1.82) is 0 Å². The number of nitrogens with zero attached hydrogens (tertiary/aromatic N) is 1. The molecule has 0 amide bonds. The second kappa shape index (κ2) is 12.0. The predicted octanol–water partition coefficient (Wildman–Crippen LogP) is 9.93. The van der Waals surface area contributed by atoms with Crippen molar-refractivity contribution in [3.8, 4) is 22.1 Å². The molecule has 0 fully saturated rings. The lowest BCUT2D eigenvalue weighted by molar-refractivity contribution is 0.269. The van der Waals surface area contributed by atoms with Crippen LogP contribution < -0.4 is 14.8 Å². The molecule has 0 atom stereocenters. The van der Waals surface area contributed by atoms with Crippen molar-refractivity contribution in [1.82, 2.24) is 4.98 Å². The molecule has 1 N–H and O–H groups in total. The van der Waals surface area contributed by atoms with Crippen LogP contribution in [0.2, 0.25) is 10.0 Å². The highest BCUT2D eigenvalue weighted by atomic mass is 79.9. The Balaban J connectivity index is 1.28. The van der Waals surface area contributed by atoms with Crippen LogP contribution >= 0.6 is 50.5 Å². The van der Waals surface area contributed by atoms with Gasteiger partial charge in [-0.1, -0.05) is 51.3 Å². The first-order chi connectivity index (χ1) is 18.4. The van der Waals surface area contributed by atoms with Gasteiger partial charge in [-0.2, -0.15) is 0 Å². The van der Waals surface area contributed by atoms with Crippen LogP contribution in [-0.2, 0) is 13.2 Å². The Bertz CT molecular complexity index is 1570. The maximum absolute atomic E-state index is 6.31. The SMILES string of the molecule is CCOc1cc(CNc2ccc(-c3nc4ccc(C)cc4s3)cc2)c(Br)cc1OCc1c(Cl)cccc1Cl. The van der Waals surface area contributed by atoms with Crippen molar-refractivity contribution in [3.63, 3.8) is 0 Å². The molecule has 0 aliphatic heterocycles. The third-order valence-electron chi connectivity index (χ3n) is 6.01. The molecule has 0 saturated heterocycles. The Hall–Kier alpha value is -2.77. The smallest absolute Gasteiger partial charge is 0.162 e. The third-order valence-corrected chi connectivity index (χ3v) is 8.52. The number of hydrogen-bond acceptors (Lipinski definition) is 5. The number of rotatable bonds is 9. The summed E-state index contributed by atoms with van der Waals surface area (Å²) in [6, 6.07) is 24.0. The quantitative estimate of drug-likeness (QED) is 0.177. The van der Waals surface area contributed by atoms with Gasteiger partial charge in [-0.05, 0) is 85.6 Å². The highest BCUT2D eigenvalue weighted by molar-refractivity contribution is 9.10. The van der Waals surface area contributed by atoms with Gasteiger partial charge in [0, 0.05) is 37.9 Å². The number of anilines is 1. The normalized spacial score (nSPS) is 11.1. The van der Waals surface area contributed by atoms with E-state index in [0.717, 1.165) is 37.4 Å². The minimum absolute atomic E-state index is 0.239. The van der Waals surface area contributed by atoms with Gasteiger partial charge >= 0.3 is 0 Å². The van der Waals surface area contributed by atoms with E-state index in [4.69, 9.17) is 37.7 Å². The summed E-state index contributed by atoms with van der Waals surface area (Å²) in [5, 5.41) is 5.66. The van der Waals surface area contributed by atoms with Crippen molar-refractivity contribution in [2.45, 2.75) is 27.0 Å². The summed E-state index contributed by atoms with van der Waals surface area (Å²) in [7, 11) is 0. The van der Waals surface area contributed by atoms with Crippen LogP contribution in [0, 0.1) is 6.92 Å². The van der Waals surface area contributed by atoms with Gasteiger partial charge in [0.15, 0.2) is 11.5 Å². The molecule has 5 rings (SSSR count). The van der Waals surface area contributed by atoms with Crippen molar-refractivity contribution < 1.29 is 9.47 Å². The van der Waals surface area contributed by atoms with Crippen LogP contribution in [0.5, 0.6) is 11.5 Å². The summed E-state index contributed by atoms with van der Waals surface area (Å²) in [5.41, 5.74) is 6.19. The average Bonchev–Trinajstić information content (AvgIpc) is 3.32. The fourth-order valence-corrected chi connectivity index (χ4v) is 6.04. The standard InChI is InChI=1S/C30H25BrCl2N2O2S/c1-3-36-27-14-20(23(31)15-28(27)37-17-22-24(32)5-4-6-25(22)33)16-34-21-10-8-19(9-11-21)30-35-26-12-7-18(2)13-29(26)38-30/h4-15,34H,3,16-17H2,1-2H3. The lowest BCUT2D eigenvalue weighted by atomic mass is 10.1. The van der Waals surface area contributed by atoms with E-state index in [1.165, 1.54) is 10.3 Å². The zero-order valence-electron chi connectivity index (χ0n) is 20.9. The highest BCUT2D eigenvalue weighted by Crippen LogP contribution is 2.36. The van der Waals surface area contributed by atoms with Crippen LogP contribution in [0.15, 0.2) is 77.3 Å². The number of nitrogens with one attached hydrogen (secondary N) is 1. The Morgan fingerprint density at radius 3 is 2.39 bits per heavy atom. The van der Waals surface area contributed by atoms with Crippen molar-refractivity contribution in [3.05, 3.63) is 104 Å². The molecule has 4 aromatic carbocycles. The number of aryl methyl sites for hydroxylation is 1. The minimum Gasteiger partial charge on any atom is -0.490 e. The second-order valence-corrected chi connectivity index (χ2v) is 11.4. The molecule has 0 bridgehead atoms. The van der Waals surface area contributed by atoms with Crippen molar-refractivity contribution >= 4 is 66.4 Å². The number of benzene rings is 4. The number of halogens is 3. The van der Waals surface area contributed by atoms with Gasteiger partial charge in [-0.3, -0.25) is 0 Å². The van der Waals surface area contributed by atoms with Gasteiger partial charge in [0.25, 0.3) is 0 Å². The second-order valence-electron chi connectivity index (χ2n) is 8.73. The fourth-order valence-electron chi connectivity index (χ4n) is 4.00. The van der Waals surface area contributed by atoms with Crippen LogP contribution in [-0.4, -0.2) is 11.6 Å². The van der Waals surface area contributed by atoms with E-state index in [2.05, 4.69) is 70.6 Å². The van der Waals surface area contributed by atoms with E-state index in [0.29, 0.717) is 34.7 Å². The van der Waals surface area contributed by atoms with E-state index >= 15 is 0 Å². The molecule has 1 aromatic heterocycles. The van der Waals surface area contributed by atoms with Crippen LogP contribution in [0.3, 0.4) is 0 Å². The molecule has 5 aromatic rings. The number of aromatic nitrogens is 1. The molecule has 0 aliphatic carbocycles. The number of hydrogen-bond donors (Lipinski definition) is 1. The first-order valence-corrected chi connectivity index (χ1v) is 14.5. The van der Waals surface area contributed by atoms with Gasteiger partial charge in [0.05, 0.1) is 16.8 Å². The van der Waals surface area contributed by atoms with E-state index in [1.54, 1.807) is 23.5 Å². The molecule has 38 heavy (non-hydrogen) atoms. The molecule has 4 nitrogen and oxygen atoms in total. The summed E-state index contributed by atoms with van der Waals surface area (Å²) in [4.78, 5) is 4.79. The molecule has 0 unspecified atom stereocenters. The third kappa shape index (κ3) is 6.10. The molecule has 0 aliphatic rings. The summed E-state index contributed by atoms with van der Waals surface area (Å²) >= 11 is 18.0. The number of ether oxygens (including phenoxy) is 2. The molecular formula is C30H25BrCl2N2O2S. The molecule has 1 heterocycles. The maximum atomic E-state index is 6.31. The Morgan fingerprint density at radius 2 is 1.66 bits per heavy atom. The maximum Gasteiger partial charge on any atom is 0.162 e. The predicted molar refractivity (Wildman–Crippen MR) is 163 cm³/mol. The average molecular weight is 628 g/mol. The lowest BCUT2D eigenvalue weighted by Gasteiger charge is -2.16. The zero-order valence-corrected chi connectivity index (χ0v) is 24.8. The largest absolute Gasteiger partial charge is 0.490 e. The van der Waals surface area contributed by atoms with Gasteiger partial charge in [0.1, 0.15) is 11.6 Å². The summed E-state index contributed by atoms with van der Waals surface area (Å²) in [6.45, 7) is 5.42. The topological polar surface area (TPSA) is 43.4 Å². The highest BCUT2D eigenvalue weighted by Gasteiger charge is 2.14. The van der Waals surface area contributed by atoms with Gasteiger partial charge in [-0.25, -0.2) is 4.98 Å². The minimum atomic E-state index is 0.239. The molecule has 0 saturated carbocycles.